The molecule has 0 aliphatic carbocycles. The molecule has 0 spiro atoms. The Hall–Kier alpha value is -1.29. The minimum absolute atomic E-state index is 0.615. The number of aromatic nitrogens is 1. The Morgan fingerprint density at radius 2 is 2.29 bits per heavy atom. The second-order valence-corrected chi connectivity index (χ2v) is 3.75. The van der Waals surface area contributed by atoms with E-state index in [1.807, 2.05) is 6.07 Å². The van der Waals surface area contributed by atoms with Gasteiger partial charge in [0, 0.05) is 17.8 Å². The highest BCUT2D eigenvalue weighted by atomic mass is 16.5. The van der Waals surface area contributed by atoms with Crippen LogP contribution in [0.15, 0.2) is 18.5 Å². The molecule has 0 aliphatic heterocycles. The highest BCUT2D eigenvalue weighted by Crippen LogP contribution is 2.27. The summed E-state index contributed by atoms with van der Waals surface area (Å²) in [5.41, 5.74) is 0.225. The van der Waals surface area contributed by atoms with E-state index in [0.29, 0.717) is 0 Å². The molecule has 1 heterocycles. The van der Waals surface area contributed by atoms with Crippen LogP contribution in [0.25, 0.3) is 0 Å². The third kappa shape index (κ3) is 1.80. The fourth-order valence-electron chi connectivity index (χ4n) is 1.29. The Morgan fingerprint density at radius 1 is 1.64 bits per heavy atom. The van der Waals surface area contributed by atoms with Crippen molar-refractivity contribution >= 4 is 5.97 Å². The van der Waals surface area contributed by atoms with Crippen LogP contribution in [0.5, 0.6) is 0 Å². The van der Waals surface area contributed by atoms with Crippen LogP contribution < -0.4 is 0 Å². The molecule has 0 bridgehead atoms. The lowest BCUT2D eigenvalue weighted by Gasteiger charge is -2.27. The molecule has 1 aromatic rings. The molecule has 1 atom stereocenters. The van der Waals surface area contributed by atoms with Gasteiger partial charge < -0.3 is 14.8 Å². The Morgan fingerprint density at radius 3 is 2.71 bits per heavy atom. The van der Waals surface area contributed by atoms with Gasteiger partial charge in [-0.2, -0.15) is 0 Å². The van der Waals surface area contributed by atoms with Crippen LogP contribution in [0.1, 0.15) is 19.4 Å². The molecule has 0 fully saturated rings. The SMILES string of the molecule is COC(=O)C(O)C(C)(C)c1cc[nH]c1. The number of aromatic amines is 1. The summed E-state index contributed by atoms with van der Waals surface area (Å²) in [6.45, 7) is 3.58. The maximum atomic E-state index is 11.2. The number of aliphatic hydroxyl groups excluding tert-OH is 1. The van der Waals surface area contributed by atoms with Gasteiger partial charge in [-0.1, -0.05) is 13.8 Å². The van der Waals surface area contributed by atoms with Gasteiger partial charge in [-0.25, -0.2) is 4.79 Å². The summed E-state index contributed by atoms with van der Waals surface area (Å²) in [5.74, 6) is -0.615. The number of carbonyl (C=O) groups excluding carboxylic acids is 1. The maximum Gasteiger partial charge on any atom is 0.335 e. The Kier molecular flexibility index (Phi) is 2.96. The first kappa shape index (κ1) is 10.8. The number of ether oxygens (including phenoxy) is 1. The van der Waals surface area contributed by atoms with Crippen molar-refractivity contribution in [2.24, 2.45) is 0 Å². The molecule has 0 aliphatic rings. The molecule has 14 heavy (non-hydrogen) atoms. The second kappa shape index (κ2) is 3.84. The lowest BCUT2D eigenvalue weighted by molar-refractivity contribution is -0.153. The van der Waals surface area contributed by atoms with Crippen molar-refractivity contribution in [1.29, 1.82) is 0 Å². The maximum absolute atomic E-state index is 11.2. The third-order valence-electron chi connectivity index (χ3n) is 2.45. The van der Waals surface area contributed by atoms with E-state index < -0.39 is 17.5 Å². The molecule has 1 aromatic heterocycles. The number of esters is 1. The average Bonchev–Trinajstić information content (AvgIpc) is 2.68. The molecule has 0 saturated heterocycles. The first-order valence-corrected chi connectivity index (χ1v) is 4.39. The van der Waals surface area contributed by atoms with E-state index in [-0.39, 0.29) is 0 Å². The normalized spacial score (nSPS) is 13.7. The molecular formula is C10H15NO3. The topological polar surface area (TPSA) is 62.3 Å². The van der Waals surface area contributed by atoms with Gasteiger partial charge in [0.25, 0.3) is 0 Å². The molecule has 0 saturated carbocycles. The molecule has 1 rings (SSSR count). The predicted octanol–water partition coefficient (Wildman–Crippen LogP) is 0.826. The van der Waals surface area contributed by atoms with Crippen LogP contribution in [-0.2, 0) is 14.9 Å². The Labute approximate surface area is 82.9 Å². The number of hydrogen-bond acceptors (Lipinski definition) is 3. The van der Waals surface area contributed by atoms with Crippen molar-refractivity contribution in [3.63, 3.8) is 0 Å². The quantitative estimate of drug-likeness (QED) is 0.705. The smallest absolute Gasteiger partial charge is 0.335 e. The van der Waals surface area contributed by atoms with Crippen LogP contribution in [0, 0.1) is 0 Å². The minimum Gasteiger partial charge on any atom is -0.467 e. The predicted molar refractivity (Wildman–Crippen MR) is 51.8 cm³/mol. The zero-order chi connectivity index (χ0) is 10.8. The summed E-state index contributed by atoms with van der Waals surface area (Å²) in [7, 11) is 1.26. The lowest BCUT2D eigenvalue weighted by Crippen LogP contribution is -2.40. The molecule has 0 amide bonds. The average molecular weight is 197 g/mol. The fraction of sp³-hybridized carbons (Fsp3) is 0.500. The van der Waals surface area contributed by atoms with Gasteiger partial charge in [-0.05, 0) is 11.6 Å². The van der Waals surface area contributed by atoms with E-state index >= 15 is 0 Å². The van der Waals surface area contributed by atoms with Crippen LogP contribution in [-0.4, -0.2) is 29.3 Å². The largest absolute Gasteiger partial charge is 0.467 e. The van der Waals surface area contributed by atoms with Gasteiger partial charge in [-0.3, -0.25) is 0 Å². The van der Waals surface area contributed by atoms with Gasteiger partial charge in [0.15, 0.2) is 6.10 Å². The zero-order valence-corrected chi connectivity index (χ0v) is 8.57. The molecule has 4 nitrogen and oxygen atoms in total. The van der Waals surface area contributed by atoms with Crippen molar-refractivity contribution in [1.82, 2.24) is 4.98 Å². The standard InChI is InChI=1S/C10H15NO3/c1-10(2,7-4-5-11-6-7)8(12)9(13)14-3/h4-6,8,11-12H,1-3H3. The summed E-state index contributed by atoms with van der Waals surface area (Å²) in [4.78, 5) is 14.1. The summed E-state index contributed by atoms with van der Waals surface area (Å²) in [6, 6.07) is 1.83. The first-order valence-electron chi connectivity index (χ1n) is 4.39. The Bertz CT molecular complexity index is 303. The number of methoxy groups -OCH3 is 1. The number of H-pyrrole nitrogens is 1. The van der Waals surface area contributed by atoms with E-state index in [1.165, 1.54) is 7.11 Å². The van der Waals surface area contributed by atoms with E-state index in [0.717, 1.165) is 5.56 Å². The van der Waals surface area contributed by atoms with Crippen molar-refractivity contribution in [3.05, 3.63) is 24.0 Å². The van der Waals surface area contributed by atoms with Crippen molar-refractivity contribution < 1.29 is 14.6 Å². The molecule has 4 heteroatoms. The highest BCUT2D eigenvalue weighted by molar-refractivity contribution is 5.76. The van der Waals surface area contributed by atoms with Crippen molar-refractivity contribution in [3.8, 4) is 0 Å². The summed E-state index contributed by atoms with van der Waals surface area (Å²) < 4.78 is 4.50. The van der Waals surface area contributed by atoms with E-state index in [9.17, 15) is 9.90 Å². The van der Waals surface area contributed by atoms with Crippen LogP contribution >= 0.6 is 0 Å². The molecule has 0 aromatic carbocycles. The van der Waals surface area contributed by atoms with Gasteiger partial charge >= 0.3 is 5.97 Å². The molecule has 1 unspecified atom stereocenters. The van der Waals surface area contributed by atoms with Crippen molar-refractivity contribution in [2.75, 3.05) is 7.11 Å². The summed E-state index contributed by atoms with van der Waals surface area (Å²) in [6.07, 6.45) is 2.36. The number of nitrogens with one attached hydrogen (secondary N) is 1. The number of aliphatic hydroxyl groups is 1. The summed E-state index contributed by atoms with van der Waals surface area (Å²) in [5, 5.41) is 9.73. The van der Waals surface area contributed by atoms with Crippen molar-refractivity contribution in [2.45, 2.75) is 25.4 Å². The van der Waals surface area contributed by atoms with E-state index in [1.54, 1.807) is 26.2 Å². The highest BCUT2D eigenvalue weighted by Gasteiger charge is 2.36. The number of hydrogen-bond donors (Lipinski definition) is 2. The fourth-order valence-corrected chi connectivity index (χ4v) is 1.29. The second-order valence-electron chi connectivity index (χ2n) is 3.75. The van der Waals surface area contributed by atoms with Gasteiger partial charge in [-0.15, -0.1) is 0 Å². The molecule has 78 valence electrons. The molecule has 0 radical (unpaired) electrons. The van der Waals surface area contributed by atoms with Crippen LogP contribution in [0.2, 0.25) is 0 Å². The van der Waals surface area contributed by atoms with Gasteiger partial charge in [0.1, 0.15) is 0 Å². The number of rotatable bonds is 3. The lowest BCUT2D eigenvalue weighted by atomic mass is 9.81. The molecular weight excluding hydrogens is 182 g/mol. The summed E-state index contributed by atoms with van der Waals surface area (Å²) >= 11 is 0. The van der Waals surface area contributed by atoms with Crippen LogP contribution in [0.3, 0.4) is 0 Å². The van der Waals surface area contributed by atoms with Gasteiger partial charge in [0.05, 0.1) is 7.11 Å². The van der Waals surface area contributed by atoms with E-state index in [4.69, 9.17) is 0 Å². The number of carbonyl (C=O) groups is 1. The van der Waals surface area contributed by atoms with E-state index in [2.05, 4.69) is 9.72 Å². The monoisotopic (exact) mass is 197 g/mol. The minimum atomic E-state index is -1.15. The zero-order valence-electron chi connectivity index (χ0n) is 8.57. The first-order chi connectivity index (χ1) is 6.50. The third-order valence-corrected chi connectivity index (χ3v) is 2.45. The van der Waals surface area contributed by atoms with Gasteiger partial charge in [0.2, 0.25) is 0 Å². The molecule has 2 N–H and O–H groups in total. The van der Waals surface area contributed by atoms with Crippen LogP contribution in [0.4, 0.5) is 0 Å². The Balaban J connectivity index is 2.90.